The average Bonchev–Trinajstić information content (AvgIpc) is 2.17. The number of hydrogen-bond donors (Lipinski definition) is 2. The second kappa shape index (κ2) is 3.89. The maximum Gasteiger partial charge on any atom is 0.237 e. The number of carbonyl (C=O) groups is 1. The Morgan fingerprint density at radius 2 is 2.14 bits per heavy atom. The van der Waals surface area contributed by atoms with Gasteiger partial charge in [0.25, 0.3) is 0 Å². The molecule has 0 radical (unpaired) electrons. The van der Waals surface area contributed by atoms with Crippen molar-refractivity contribution in [2.75, 3.05) is 6.54 Å². The second-order valence-electron chi connectivity index (χ2n) is 4.91. The molecule has 80 valence electrons. The lowest BCUT2D eigenvalue weighted by Gasteiger charge is -2.40. The maximum atomic E-state index is 11.8. The van der Waals surface area contributed by atoms with Gasteiger partial charge in [0.15, 0.2) is 0 Å². The van der Waals surface area contributed by atoms with Gasteiger partial charge >= 0.3 is 0 Å². The zero-order valence-electron chi connectivity index (χ0n) is 8.94. The van der Waals surface area contributed by atoms with Gasteiger partial charge in [-0.25, -0.2) is 0 Å². The van der Waals surface area contributed by atoms with E-state index < -0.39 is 0 Å². The molecule has 3 heteroatoms. The van der Waals surface area contributed by atoms with Crippen molar-refractivity contribution in [1.29, 1.82) is 0 Å². The summed E-state index contributed by atoms with van der Waals surface area (Å²) in [6.45, 7) is 3.14. The zero-order valence-corrected chi connectivity index (χ0v) is 8.94. The Morgan fingerprint density at radius 1 is 1.36 bits per heavy atom. The van der Waals surface area contributed by atoms with E-state index in [1.165, 1.54) is 19.3 Å². The van der Waals surface area contributed by atoms with E-state index in [9.17, 15) is 4.79 Å². The van der Waals surface area contributed by atoms with Crippen molar-refractivity contribution < 1.29 is 4.79 Å². The van der Waals surface area contributed by atoms with Gasteiger partial charge in [-0.3, -0.25) is 4.79 Å². The van der Waals surface area contributed by atoms with Gasteiger partial charge in [-0.2, -0.15) is 0 Å². The summed E-state index contributed by atoms with van der Waals surface area (Å²) < 4.78 is 0. The molecule has 1 amide bonds. The molecule has 2 rings (SSSR count). The van der Waals surface area contributed by atoms with Gasteiger partial charge in [0, 0.05) is 5.54 Å². The van der Waals surface area contributed by atoms with Crippen molar-refractivity contribution >= 4 is 5.91 Å². The lowest BCUT2D eigenvalue weighted by Crippen LogP contribution is -2.57. The number of nitrogens with one attached hydrogen (secondary N) is 2. The molecular formula is C11H20N2O. The molecule has 1 heterocycles. The van der Waals surface area contributed by atoms with Crippen LogP contribution < -0.4 is 10.6 Å². The standard InChI is InChI=1S/C11H20N2O/c1-11(6-4-7-11)13-10(14)9-5-2-3-8-12-9/h9,12H,2-8H2,1H3,(H,13,14)/t9-/m0/s1. The first-order chi connectivity index (χ1) is 6.70. The van der Waals surface area contributed by atoms with Gasteiger partial charge in [0.1, 0.15) is 0 Å². The minimum absolute atomic E-state index is 0.0705. The largest absolute Gasteiger partial charge is 0.350 e. The fourth-order valence-corrected chi connectivity index (χ4v) is 2.29. The molecule has 0 aromatic rings. The van der Waals surface area contributed by atoms with E-state index in [1.54, 1.807) is 0 Å². The molecule has 2 aliphatic rings. The quantitative estimate of drug-likeness (QED) is 0.696. The van der Waals surface area contributed by atoms with Crippen LogP contribution in [0.4, 0.5) is 0 Å². The normalized spacial score (nSPS) is 30.5. The van der Waals surface area contributed by atoms with Crippen LogP contribution in [0.2, 0.25) is 0 Å². The predicted molar refractivity (Wildman–Crippen MR) is 56.0 cm³/mol. The number of rotatable bonds is 2. The molecule has 1 saturated carbocycles. The minimum Gasteiger partial charge on any atom is -0.350 e. The number of carbonyl (C=O) groups excluding carboxylic acids is 1. The second-order valence-corrected chi connectivity index (χ2v) is 4.91. The van der Waals surface area contributed by atoms with Crippen LogP contribution in [0.15, 0.2) is 0 Å². The molecule has 1 aliphatic carbocycles. The van der Waals surface area contributed by atoms with Gasteiger partial charge < -0.3 is 10.6 Å². The highest BCUT2D eigenvalue weighted by Gasteiger charge is 2.35. The summed E-state index contributed by atoms with van der Waals surface area (Å²) in [5.41, 5.74) is 0.107. The van der Waals surface area contributed by atoms with Gasteiger partial charge in [-0.1, -0.05) is 6.42 Å². The molecule has 0 aromatic carbocycles. The maximum absolute atomic E-state index is 11.8. The topological polar surface area (TPSA) is 41.1 Å². The van der Waals surface area contributed by atoms with E-state index in [4.69, 9.17) is 0 Å². The Labute approximate surface area is 85.6 Å². The van der Waals surface area contributed by atoms with Crippen molar-refractivity contribution in [2.24, 2.45) is 0 Å². The lowest BCUT2D eigenvalue weighted by atomic mass is 9.78. The molecule has 0 aromatic heterocycles. The smallest absolute Gasteiger partial charge is 0.237 e. The monoisotopic (exact) mass is 196 g/mol. The molecule has 14 heavy (non-hydrogen) atoms. The van der Waals surface area contributed by atoms with Gasteiger partial charge in [0.05, 0.1) is 6.04 Å². The van der Waals surface area contributed by atoms with Crippen molar-refractivity contribution in [2.45, 2.75) is 57.0 Å². The highest BCUT2D eigenvalue weighted by atomic mass is 16.2. The third-order valence-corrected chi connectivity index (χ3v) is 3.51. The van der Waals surface area contributed by atoms with Gasteiger partial charge in [-0.05, 0) is 45.6 Å². The van der Waals surface area contributed by atoms with Crippen LogP contribution in [-0.4, -0.2) is 24.0 Å². The van der Waals surface area contributed by atoms with E-state index in [0.29, 0.717) is 0 Å². The highest BCUT2D eigenvalue weighted by Crippen LogP contribution is 2.31. The Bertz CT molecular complexity index is 217. The van der Waals surface area contributed by atoms with Gasteiger partial charge in [0.2, 0.25) is 5.91 Å². The third kappa shape index (κ3) is 2.08. The van der Waals surface area contributed by atoms with Crippen molar-refractivity contribution in [1.82, 2.24) is 10.6 Å². The Balaban J connectivity index is 1.81. The van der Waals surface area contributed by atoms with Crippen LogP contribution in [0, 0.1) is 0 Å². The Morgan fingerprint density at radius 3 is 2.64 bits per heavy atom. The molecule has 0 bridgehead atoms. The summed E-state index contributed by atoms with van der Waals surface area (Å²) in [7, 11) is 0. The summed E-state index contributed by atoms with van der Waals surface area (Å²) in [6, 6.07) is 0.0705. The molecule has 0 unspecified atom stereocenters. The number of piperidine rings is 1. The SMILES string of the molecule is CC1(NC(=O)[C@@H]2CCCCN2)CCC1. The summed E-state index contributed by atoms with van der Waals surface area (Å²) >= 11 is 0. The van der Waals surface area contributed by atoms with E-state index in [2.05, 4.69) is 17.6 Å². The van der Waals surface area contributed by atoms with E-state index >= 15 is 0 Å². The first-order valence-electron chi connectivity index (χ1n) is 5.75. The van der Waals surface area contributed by atoms with E-state index in [0.717, 1.165) is 25.8 Å². The molecule has 1 aliphatic heterocycles. The van der Waals surface area contributed by atoms with Crippen LogP contribution in [0.25, 0.3) is 0 Å². The zero-order chi connectivity index (χ0) is 10.0. The minimum atomic E-state index is 0.0705. The predicted octanol–water partition coefficient (Wildman–Crippen LogP) is 1.19. The fourth-order valence-electron chi connectivity index (χ4n) is 2.29. The fraction of sp³-hybridized carbons (Fsp3) is 0.909. The summed E-state index contributed by atoms with van der Waals surface area (Å²) in [4.78, 5) is 11.8. The van der Waals surface area contributed by atoms with Crippen LogP contribution in [0.1, 0.15) is 45.4 Å². The van der Waals surface area contributed by atoms with Gasteiger partial charge in [-0.15, -0.1) is 0 Å². The van der Waals surface area contributed by atoms with E-state index in [1.807, 2.05) is 0 Å². The first-order valence-corrected chi connectivity index (χ1v) is 5.75. The molecule has 2 N–H and O–H groups in total. The molecule has 3 nitrogen and oxygen atoms in total. The Kier molecular flexibility index (Phi) is 2.77. The Hall–Kier alpha value is -0.570. The third-order valence-electron chi connectivity index (χ3n) is 3.51. The molecule has 0 spiro atoms. The van der Waals surface area contributed by atoms with Crippen molar-refractivity contribution in [3.63, 3.8) is 0 Å². The number of hydrogen-bond acceptors (Lipinski definition) is 2. The first kappa shape index (κ1) is 9.97. The van der Waals surface area contributed by atoms with Crippen LogP contribution in [-0.2, 0) is 4.79 Å². The van der Waals surface area contributed by atoms with E-state index in [-0.39, 0.29) is 17.5 Å². The van der Waals surface area contributed by atoms with Crippen molar-refractivity contribution in [3.05, 3.63) is 0 Å². The highest BCUT2D eigenvalue weighted by molar-refractivity contribution is 5.82. The number of amides is 1. The summed E-state index contributed by atoms with van der Waals surface area (Å²) in [6.07, 6.45) is 6.94. The van der Waals surface area contributed by atoms with Crippen molar-refractivity contribution in [3.8, 4) is 0 Å². The molecule has 1 saturated heterocycles. The molecule has 2 fully saturated rings. The average molecular weight is 196 g/mol. The molecule has 1 atom stereocenters. The summed E-state index contributed by atoms with van der Waals surface area (Å²) in [5, 5.41) is 6.44. The summed E-state index contributed by atoms with van der Waals surface area (Å²) in [5.74, 6) is 0.215. The van der Waals surface area contributed by atoms with Crippen LogP contribution in [0.3, 0.4) is 0 Å². The van der Waals surface area contributed by atoms with Crippen LogP contribution >= 0.6 is 0 Å². The molecular weight excluding hydrogens is 176 g/mol. The van der Waals surface area contributed by atoms with Crippen LogP contribution in [0.5, 0.6) is 0 Å². The lowest BCUT2D eigenvalue weighted by molar-refractivity contribution is -0.126.